The lowest BCUT2D eigenvalue weighted by Crippen LogP contribution is -2.33. The minimum atomic E-state index is 0.188. The van der Waals surface area contributed by atoms with E-state index in [-0.39, 0.29) is 5.91 Å². The van der Waals surface area contributed by atoms with Crippen LogP contribution in [0, 0.1) is 5.92 Å². The topological polar surface area (TPSA) is 32.3 Å². The van der Waals surface area contributed by atoms with Crippen LogP contribution in [0.15, 0.2) is 11.3 Å². The minimum Gasteiger partial charge on any atom is -0.374 e. The Bertz CT molecular complexity index is 295. The molecule has 12 heavy (non-hydrogen) atoms. The van der Waals surface area contributed by atoms with Crippen molar-refractivity contribution in [3.63, 3.8) is 0 Å². The van der Waals surface area contributed by atoms with E-state index in [0.29, 0.717) is 12.0 Å². The summed E-state index contributed by atoms with van der Waals surface area (Å²) < 4.78 is 0. The van der Waals surface area contributed by atoms with Crippen LogP contribution in [0.1, 0.15) is 12.8 Å². The fraction of sp³-hybridized carbons (Fsp3) is 0.667. The standard InChI is InChI=1S/C9H12N2O/c1-11-6-2-3-10-9(12)8(6)5-4-7(5)11/h5,7H,2-4H2,1H3,(H,10,12). The van der Waals surface area contributed by atoms with Crippen molar-refractivity contribution in [2.24, 2.45) is 5.92 Å². The van der Waals surface area contributed by atoms with Crippen LogP contribution in [0.25, 0.3) is 0 Å². The Morgan fingerprint density at radius 2 is 2.42 bits per heavy atom. The molecule has 0 aromatic carbocycles. The average molecular weight is 164 g/mol. The zero-order valence-corrected chi connectivity index (χ0v) is 7.13. The molecule has 3 nitrogen and oxygen atoms in total. The van der Waals surface area contributed by atoms with Gasteiger partial charge in [0.05, 0.1) is 0 Å². The lowest BCUT2D eigenvalue weighted by atomic mass is 10.0. The fourth-order valence-electron chi connectivity index (χ4n) is 2.52. The number of nitrogens with zero attached hydrogens (tertiary/aromatic N) is 1. The molecule has 3 heteroatoms. The highest BCUT2D eigenvalue weighted by Gasteiger charge is 2.53. The van der Waals surface area contributed by atoms with Gasteiger partial charge in [0.15, 0.2) is 0 Å². The number of amides is 1. The second kappa shape index (κ2) is 1.84. The van der Waals surface area contributed by atoms with Gasteiger partial charge in [0.25, 0.3) is 0 Å². The van der Waals surface area contributed by atoms with Gasteiger partial charge in [-0.2, -0.15) is 0 Å². The highest BCUT2D eigenvalue weighted by molar-refractivity contribution is 5.97. The molecule has 0 bridgehead atoms. The lowest BCUT2D eigenvalue weighted by molar-refractivity contribution is -0.118. The third kappa shape index (κ3) is 0.601. The Hall–Kier alpha value is -0.990. The second-order valence-corrected chi connectivity index (χ2v) is 3.89. The molecule has 1 aliphatic carbocycles. The Labute approximate surface area is 71.4 Å². The van der Waals surface area contributed by atoms with Crippen molar-refractivity contribution < 1.29 is 4.79 Å². The molecule has 3 rings (SSSR count). The van der Waals surface area contributed by atoms with Crippen LogP contribution in [0.3, 0.4) is 0 Å². The number of rotatable bonds is 0. The van der Waals surface area contributed by atoms with Crippen LogP contribution in [-0.4, -0.2) is 30.4 Å². The Balaban J connectivity index is 2.07. The summed E-state index contributed by atoms with van der Waals surface area (Å²) in [6.45, 7) is 0.821. The van der Waals surface area contributed by atoms with Gasteiger partial charge in [-0.05, 0) is 6.42 Å². The van der Waals surface area contributed by atoms with Crippen LogP contribution in [-0.2, 0) is 4.79 Å². The molecule has 1 saturated carbocycles. The molecule has 2 atom stereocenters. The van der Waals surface area contributed by atoms with E-state index in [9.17, 15) is 4.79 Å². The van der Waals surface area contributed by atoms with Crippen molar-refractivity contribution in [2.45, 2.75) is 18.9 Å². The van der Waals surface area contributed by atoms with Crippen LogP contribution in [0.4, 0.5) is 0 Å². The maximum absolute atomic E-state index is 11.5. The summed E-state index contributed by atoms with van der Waals surface area (Å²) in [6.07, 6.45) is 2.23. The van der Waals surface area contributed by atoms with Crippen LogP contribution < -0.4 is 5.32 Å². The number of carbonyl (C=O) groups excluding carboxylic acids is 1. The van der Waals surface area contributed by atoms with Gasteiger partial charge in [0.1, 0.15) is 0 Å². The predicted molar refractivity (Wildman–Crippen MR) is 44.3 cm³/mol. The number of hydrogen-bond acceptors (Lipinski definition) is 2. The lowest BCUT2D eigenvalue weighted by Gasteiger charge is -2.23. The molecule has 64 valence electrons. The predicted octanol–water partition coefficient (Wildman–Crippen LogP) is 0.0943. The number of carbonyl (C=O) groups is 1. The van der Waals surface area contributed by atoms with Gasteiger partial charge in [0, 0.05) is 43.2 Å². The van der Waals surface area contributed by atoms with Crippen LogP contribution in [0.2, 0.25) is 0 Å². The minimum absolute atomic E-state index is 0.188. The fourth-order valence-corrected chi connectivity index (χ4v) is 2.52. The third-order valence-electron chi connectivity index (χ3n) is 3.25. The van der Waals surface area contributed by atoms with E-state index in [1.54, 1.807) is 0 Å². The summed E-state index contributed by atoms with van der Waals surface area (Å²) in [6, 6.07) is 0.666. The third-order valence-corrected chi connectivity index (χ3v) is 3.25. The van der Waals surface area contributed by atoms with E-state index >= 15 is 0 Å². The average Bonchev–Trinajstić information content (AvgIpc) is 2.77. The van der Waals surface area contributed by atoms with E-state index in [0.717, 1.165) is 18.5 Å². The first kappa shape index (κ1) is 6.52. The first-order chi connectivity index (χ1) is 5.79. The van der Waals surface area contributed by atoms with Gasteiger partial charge in [-0.15, -0.1) is 0 Å². The van der Waals surface area contributed by atoms with Gasteiger partial charge in [-0.3, -0.25) is 4.79 Å². The monoisotopic (exact) mass is 164 g/mol. The molecule has 3 aliphatic rings. The van der Waals surface area contributed by atoms with E-state index in [1.807, 2.05) is 0 Å². The van der Waals surface area contributed by atoms with E-state index in [2.05, 4.69) is 17.3 Å². The molecule has 0 radical (unpaired) electrons. The molecule has 2 unspecified atom stereocenters. The van der Waals surface area contributed by atoms with Gasteiger partial charge in [-0.1, -0.05) is 0 Å². The van der Waals surface area contributed by atoms with Crippen molar-refractivity contribution in [1.29, 1.82) is 0 Å². The zero-order valence-electron chi connectivity index (χ0n) is 7.13. The van der Waals surface area contributed by atoms with Gasteiger partial charge in [-0.25, -0.2) is 0 Å². The van der Waals surface area contributed by atoms with Gasteiger partial charge >= 0.3 is 0 Å². The summed E-state index contributed by atoms with van der Waals surface area (Å²) in [5.41, 5.74) is 2.40. The summed E-state index contributed by atoms with van der Waals surface area (Å²) in [5, 5.41) is 2.91. The summed E-state index contributed by atoms with van der Waals surface area (Å²) >= 11 is 0. The maximum Gasteiger partial charge on any atom is 0.249 e. The molecule has 0 aromatic rings. The smallest absolute Gasteiger partial charge is 0.249 e. The number of hydrogen-bond donors (Lipinski definition) is 1. The highest BCUT2D eigenvalue weighted by atomic mass is 16.1. The van der Waals surface area contributed by atoms with E-state index in [4.69, 9.17) is 0 Å². The summed E-state index contributed by atoms with van der Waals surface area (Å²) in [5.74, 6) is 0.762. The molecule has 2 aliphatic heterocycles. The van der Waals surface area contributed by atoms with Crippen molar-refractivity contribution in [3.8, 4) is 0 Å². The Morgan fingerprint density at radius 1 is 1.58 bits per heavy atom. The largest absolute Gasteiger partial charge is 0.374 e. The van der Waals surface area contributed by atoms with E-state index in [1.165, 1.54) is 12.1 Å². The van der Waals surface area contributed by atoms with Crippen LogP contribution in [0.5, 0.6) is 0 Å². The molecule has 0 aromatic heterocycles. The highest BCUT2D eigenvalue weighted by Crippen LogP contribution is 2.51. The van der Waals surface area contributed by atoms with Gasteiger partial charge < -0.3 is 10.2 Å². The zero-order chi connectivity index (χ0) is 8.29. The molecular formula is C9H12N2O. The molecular weight excluding hydrogens is 152 g/mol. The van der Waals surface area contributed by atoms with E-state index < -0.39 is 0 Å². The normalized spacial score (nSPS) is 37.8. The SMILES string of the molecule is CN1C2=C(C(=O)NCC2)C2CC21. The van der Waals surface area contributed by atoms with Gasteiger partial charge in [0.2, 0.25) is 5.91 Å². The van der Waals surface area contributed by atoms with Crippen LogP contribution >= 0.6 is 0 Å². The molecule has 2 heterocycles. The second-order valence-electron chi connectivity index (χ2n) is 3.89. The molecule has 0 spiro atoms. The summed E-state index contributed by atoms with van der Waals surface area (Å²) in [7, 11) is 2.12. The molecule has 1 N–H and O–H groups in total. The first-order valence-corrected chi connectivity index (χ1v) is 4.53. The maximum atomic E-state index is 11.5. The number of nitrogens with one attached hydrogen (secondary N) is 1. The summed E-state index contributed by atoms with van der Waals surface area (Å²) in [4.78, 5) is 13.8. The molecule has 0 saturated heterocycles. The Kier molecular flexibility index (Phi) is 1.000. The molecule has 1 amide bonds. The quantitative estimate of drug-likeness (QED) is 0.550. The van der Waals surface area contributed by atoms with Crippen molar-refractivity contribution in [2.75, 3.05) is 13.6 Å². The Morgan fingerprint density at radius 3 is 3.17 bits per heavy atom. The van der Waals surface area contributed by atoms with Crippen molar-refractivity contribution in [3.05, 3.63) is 11.3 Å². The molecule has 1 fully saturated rings. The first-order valence-electron chi connectivity index (χ1n) is 4.53. The van der Waals surface area contributed by atoms with Crippen molar-refractivity contribution >= 4 is 5.91 Å². The van der Waals surface area contributed by atoms with Crippen molar-refractivity contribution in [1.82, 2.24) is 10.2 Å². The number of fused-ring (bicyclic) bond motifs is 2.